The van der Waals surface area contributed by atoms with E-state index >= 15 is 0 Å². The molecule has 2 aromatic carbocycles. The summed E-state index contributed by atoms with van der Waals surface area (Å²) < 4.78 is 0. The topological polar surface area (TPSA) is 56.7 Å². The zero-order valence-corrected chi connectivity index (χ0v) is 15.4. The van der Waals surface area contributed by atoms with Gasteiger partial charge in [-0.1, -0.05) is 56.3 Å². The summed E-state index contributed by atoms with van der Waals surface area (Å²) in [5, 5.41) is 16.1. The second-order valence-electron chi connectivity index (χ2n) is 6.87. The first-order valence-electron chi connectivity index (χ1n) is 8.79. The van der Waals surface area contributed by atoms with Gasteiger partial charge in [0.2, 0.25) is 0 Å². The van der Waals surface area contributed by atoms with Gasteiger partial charge in [-0.25, -0.2) is 0 Å². The summed E-state index contributed by atoms with van der Waals surface area (Å²) in [6.45, 7) is 6.13. The van der Waals surface area contributed by atoms with E-state index in [0.29, 0.717) is 5.75 Å². The maximum atomic E-state index is 9.30. The van der Waals surface area contributed by atoms with Gasteiger partial charge < -0.3 is 15.7 Å². The summed E-state index contributed by atoms with van der Waals surface area (Å²) in [6, 6.07) is 17.9. The van der Waals surface area contributed by atoms with Crippen molar-refractivity contribution in [3.63, 3.8) is 0 Å². The molecule has 3 N–H and O–H groups in total. The largest absolute Gasteiger partial charge is 0.508 e. The van der Waals surface area contributed by atoms with Gasteiger partial charge in [-0.2, -0.15) is 0 Å². The summed E-state index contributed by atoms with van der Waals surface area (Å²) in [4.78, 5) is 4.30. The fourth-order valence-corrected chi connectivity index (χ4v) is 2.68. The Labute approximate surface area is 151 Å². The van der Waals surface area contributed by atoms with E-state index in [4.69, 9.17) is 0 Å². The number of benzene rings is 2. The quantitative estimate of drug-likeness (QED) is 0.411. The Morgan fingerprint density at radius 1 is 1.00 bits per heavy atom. The van der Waals surface area contributed by atoms with E-state index < -0.39 is 0 Å². The lowest BCUT2D eigenvalue weighted by Gasteiger charge is -2.26. The molecular formula is C21H29N3O. The molecule has 0 aromatic heterocycles. The van der Waals surface area contributed by atoms with Crippen molar-refractivity contribution in [2.45, 2.75) is 32.1 Å². The van der Waals surface area contributed by atoms with Gasteiger partial charge >= 0.3 is 0 Å². The zero-order chi connectivity index (χ0) is 18.1. The number of aryl methyl sites for hydroxylation is 1. The average Bonchev–Trinajstić information content (AvgIpc) is 2.63. The van der Waals surface area contributed by atoms with Gasteiger partial charge in [-0.05, 0) is 36.1 Å². The molecule has 0 fully saturated rings. The van der Waals surface area contributed by atoms with E-state index in [-0.39, 0.29) is 5.41 Å². The molecule has 4 heteroatoms. The highest BCUT2D eigenvalue weighted by molar-refractivity contribution is 5.79. The van der Waals surface area contributed by atoms with Gasteiger partial charge in [-0.15, -0.1) is 0 Å². The van der Waals surface area contributed by atoms with Crippen LogP contribution in [-0.4, -0.2) is 31.2 Å². The standard InChI is InChI=1S/C21H29N3O/c1-21(2,18-9-5-4-6-10-18)16-24-20(22-3)23-15-7-8-17-11-13-19(25)14-12-17/h4-6,9-14,25H,7-8,15-16H2,1-3H3,(H2,22,23,24). The van der Waals surface area contributed by atoms with Crippen molar-refractivity contribution >= 4 is 5.96 Å². The third-order valence-electron chi connectivity index (χ3n) is 4.35. The van der Waals surface area contributed by atoms with Crippen LogP contribution < -0.4 is 10.6 Å². The molecule has 0 spiro atoms. The maximum Gasteiger partial charge on any atom is 0.191 e. The summed E-state index contributed by atoms with van der Waals surface area (Å²) in [6.07, 6.45) is 1.98. The van der Waals surface area contributed by atoms with E-state index in [1.807, 2.05) is 18.2 Å². The van der Waals surface area contributed by atoms with Gasteiger partial charge in [0.1, 0.15) is 5.75 Å². The number of nitrogens with zero attached hydrogens (tertiary/aromatic N) is 1. The number of aromatic hydroxyl groups is 1. The van der Waals surface area contributed by atoms with Gasteiger partial charge in [0.25, 0.3) is 0 Å². The van der Waals surface area contributed by atoms with Crippen molar-refractivity contribution < 1.29 is 5.11 Å². The minimum atomic E-state index is 0.0327. The SMILES string of the molecule is CN=C(NCCCc1ccc(O)cc1)NCC(C)(C)c1ccccc1. The van der Waals surface area contributed by atoms with Crippen LogP contribution in [0.2, 0.25) is 0 Å². The van der Waals surface area contributed by atoms with Crippen LogP contribution in [0.25, 0.3) is 0 Å². The van der Waals surface area contributed by atoms with E-state index in [9.17, 15) is 5.11 Å². The van der Waals surface area contributed by atoms with E-state index in [0.717, 1.165) is 31.9 Å². The molecule has 0 heterocycles. The number of hydrogen-bond acceptors (Lipinski definition) is 2. The predicted octanol–water partition coefficient (Wildman–Crippen LogP) is 3.47. The molecule has 0 aliphatic heterocycles. The molecule has 25 heavy (non-hydrogen) atoms. The number of nitrogens with one attached hydrogen (secondary N) is 2. The van der Waals surface area contributed by atoms with Gasteiger partial charge in [0, 0.05) is 25.6 Å². The summed E-state index contributed by atoms with van der Waals surface area (Å²) in [5.74, 6) is 1.14. The second-order valence-corrected chi connectivity index (χ2v) is 6.87. The fraction of sp³-hybridized carbons (Fsp3) is 0.381. The predicted molar refractivity (Wildman–Crippen MR) is 105 cm³/mol. The Balaban J connectivity index is 1.74. The lowest BCUT2D eigenvalue weighted by molar-refractivity contribution is 0.475. The molecule has 0 atom stereocenters. The van der Waals surface area contributed by atoms with Gasteiger partial charge in [-0.3, -0.25) is 4.99 Å². The number of phenolic OH excluding ortho intramolecular Hbond substituents is 1. The van der Waals surface area contributed by atoms with E-state index in [1.165, 1.54) is 11.1 Å². The van der Waals surface area contributed by atoms with Crippen LogP contribution in [0.1, 0.15) is 31.4 Å². The highest BCUT2D eigenvalue weighted by Gasteiger charge is 2.20. The summed E-state index contributed by atoms with van der Waals surface area (Å²) in [7, 11) is 1.80. The van der Waals surface area contributed by atoms with Gasteiger partial charge in [0.15, 0.2) is 5.96 Å². The minimum Gasteiger partial charge on any atom is -0.508 e. The number of guanidine groups is 1. The summed E-state index contributed by atoms with van der Waals surface area (Å²) >= 11 is 0. The Morgan fingerprint density at radius 2 is 1.68 bits per heavy atom. The minimum absolute atomic E-state index is 0.0327. The molecule has 0 aliphatic carbocycles. The van der Waals surface area contributed by atoms with Crippen molar-refractivity contribution in [3.8, 4) is 5.75 Å². The Hall–Kier alpha value is -2.49. The highest BCUT2D eigenvalue weighted by Crippen LogP contribution is 2.21. The molecule has 2 aromatic rings. The summed E-state index contributed by atoms with van der Waals surface area (Å²) in [5.41, 5.74) is 2.57. The maximum absolute atomic E-state index is 9.30. The van der Waals surface area contributed by atoms with Crippen molar-refractivity contribution in [1.29, 1.82) is 0 Å². The number of aliphatic imine (C=N–C) groups is 1. The van der Waals surface area contributed by atoms with Crippen molar-refractivity contribution in [3.05, 3.63) is 65.7 Å². The monoisotopic (exact) mass is 339 g/mol. The number of phenols is 1. The lowest BCUT2D eigenvalue weighted by atomic mass is 9.85. The van der Waals surface area contributed by atoms with Crippen LogP contribution in [0, 0.1) is 0 Å². The van der Waals surface area contributed by atoms with E-state index in [1.54, 1.807) is 19.2 Å². The van der Waals surface area contributed by atoms with Crippen molar-refractivity contribution in [2.24, 2.45) is 4.99 Å². The van der Waals surface area contributed by atoms with Crippen LogP contribution in [0.4, 0.5) is 0 Å². The highest BCUT2D eigenvalue weighted by atomic mass is 16.3. The Bertz CT molecular complexity index is 663. The number of rotatable bonds is 7. The van der Waals surface area contributed by atoms with Crippen LogP contribution >= 0.6 is 0 Å². The van der Waals surface area contributed by atoms with Gasteiger partial charge in [0.05, 0.1) is 0 Å². The van der Waals surface area contributed by atoms with Crippen molar-refractivity contribution in [2.75, 3.05) is 20.1 Å². The number of hydrogen-bond donors (Lipinski definition) is 3. The van der Waals surface area contributed by atoms with E-state index in [2.05, 4.69) is 53.7 Å². The molecule has 4 nitrogen and oxygen atoms in total. The first kappa shape index (κ1) is 18.8. The molecular weight excluding hydrogens is 310 g/mol. The van der Waals surface area contributed by atoms with Crippen LogP contribution in [0.15, 0.2) is 59.6 Å². The fourth-order valence-electron chi connectivity index (χ4n) is 2.68. The molecule has 0 aliphatic rings. The van der Waals surface area contributed by atoms with Crippen LogP contribution in [-0.2, 0) is 11.8 Å². The third kappa shape index (κ3) is 6.14. The molecule has 0 saturated heterocycles. The molecule has 0 saturated carbocycles. The molecule has 0 radical (unpaired) electrons. The first-order valence-corrected chi connectivity index (χ1v) is 8.79. The third-order valence-corrected chi connectivity index (χ3v) is 4.35. The Morgan fingerprint density at radius 3 is 2.32 bits per heavy atom. The van der Waals surface area contributed by atoms with Crippen LogP contribution in [0.5, 0.6) is 5.75 Å². The normalized spacial score (nSPS) is 12.0. The van der Waals surface area contributed by atoms with Crippen molar-refractivity contribution in [1.82, 2.24) is 10.6 Å². The zero-order valence-electron chi connectivity index (χ0n) is 15.4. The first-order chi connectivity index (χ1) is 12.0. The molecule has 0 amide bonds. The molecule has 0 unspecified atom stereocenters. The smallest absolute Gasteiger partial charge is 0.191 e. The lowest BCUT2D eigenvalue weighted by Crippen LogP contribution is -2.43. The molecule has 0 bridgehead atoms. The Kier molecular flexibility index (Phi) is 6.87. The second kappa shape index (κ2) is 9.11. The molecule has 134 valence electrons. The average molecular weight is 339 g/mol. The van der Waals surface area contributed by atoms with Crippen LogP contribution in [0.3, 0.4) is 0 Å². The molecule has 2 rings (SSSR count).